The number of aliphatic hydroxyl groups excluding tert-OH is 1. The van der Waals surface area contributed by atoms with Crippen molar-refractivity contribution in [1.82, 2.24) is 0 Å². The third-order valence-electron chi connectivity index (χ3n) is 1.10. The third-order valence-corrected chi connectivity index (χ3v) is 2.55. The van der Waals surface area contributed by atoms with Crippen LogP contribution in [0, 0.1) is 0 Å². The fourth-order valence-electron chi connectivity index (χ4n) is 0.615. The number of halogens is 3. The zero-order valence-electron chi connectivity index (χ0n) is 5.35. The van der Waals surface area contributed by atoms with E-state index in [1.54, 1.807) is 0 Å². The highest BCUT2D eigenvalue weighted by atomic mass is 35.5. The van der Waals surface area contributed by atoms with Crippen LogP contribution in [-0.4, -0.2) is 5.11 Å². The molecule has 0 aliphatic heterocycles. The average molecular weight is 199 g/mol. The summed E-state index contributed by atoms with van der Waals surface area (Å²) in [7, 11) is 0. The molecule has 1 aromatic rings. The SMILES string of the molecule is OCc1ccc(C(F)(F)Cl)s1. The molecule has 0 saturated heterocycles. The summed E-state index contributed by atoms with van der Waals surface area (Å²) in [5.74, 6) is 0. The standard InChI is InChI=1S/C6H5ClF2OS/c7-6(8,9)5-2-1-4(3-10)11-5/h1-2,10H,3H2. The van der Waals surface area contributed by atoms with Gasteiger partial charge in [0.2, 0.25) is 0 Å². The Morgan fingerprint density at radius 2 is 2.18 bits per heavy atom. The number of hydrogen-bond acceptors (Lipinski definition) is 2. The van der Waals surface area contributed by atoms with Crippen LogP contribution < -0.4 is 0 Å². The van der Waals surface area contributed by atoms with E-state index in [1.807, 2.05) is 0 Å². The van der Waals surface area contributed by atoms with E-state index in [2.05, 4.69) is 0 Å². The molecule has 1 rings (SSSR count). The van der Waals surface area contributed by atoms with Gasteiger partial charge in [0.1, 0.15) is 0 Å². The highest BCUT2D eigenvalue weighted by Crippen LogP contribution is 2.36. The molecule has 62 valence electrons. The van der Waals surface area contributed by atoms with E-state index in [4.69, 9.17) is 16.7 Å². The monoisotopic (exact) mass is 198 g/mol. The van der Waals surface area contributed by atoms with E-state index in [1.165, 1.54) is 12.1 Å². The average Bonchev–Trinajstić information content (AvgIpc) is 2.32. The van der Waals surface area contributed by atoms with Crippen molar-refractivity contribution in [2.75, 3.05) is 0 Å². The van der Waals surface area contributed by atoms with Gasteiger partial charge >= 0.3 is 5.38 Å². The van der Waals surface area contributed by atoms with Crippen molar-refractivity contribution in [2.45, 2.75) is 12.0 Å². The van der Waals surface area contributed by atoms with Crippen molar-refractivity contribution in [3.8, 4) is 0 Å². The van der Waals surface area contributed by atoms with Crippen LogP contribution in [0.5, 0.6) is 0 Å². The molecule has 1 nitrogen and oxygen atoms in total. The number of thiophene rings is 1. The number of hydrogen-bond donors (Lipinski definition) is 1. The van der Waals surface area contributed by atoms with Crippen molar-refractivity contribution in [3.63, 3.8) is 0 Å². The smallest absolute Gasteiger partial charge is 0.357 e. The highest BCUT2D eigenvalue weighted by Gasteiger charge is 2.29. The molecule has 0 bridgehead atoms. The maximum Gasteiger partial charge on any atom is 0.357 e. The van der Waals surface area contributed by atoms with E-state index >= 15 is 0 Å². The Balaban J connectivity index is 2.89. The lowest BCUT2D eigenvalue weighted by Gasteiger charge is -2.01. The van der Waals surface area contributed by atoms with Gasteiger partial charge in [-0.1, -0.05) is 0 Å². The quantitative estimate of drug-likeness (QED) is 0.725. The molecule has 0 aromatic carbocycles. The molecule has 1 heterocycles. The molecule has 1 N–H and O–H groups in total. The Hall–Kier alpha value is -0.190. The van der Waals surface area contributed by atoms with Gasteiger partial charge in [0.15, 0.2) is 0 Å². The molecule has 0 aliphatic carbocycles. The van der Waals surface area contributed by atoms with E-state index in [-0.39, 0.29) is 11.5 Å². The second-order valence-electron chi connectivity index (χ2n) is 1.92. The predicted molar refractivity (Wildman–Crippen MR) is 40.0 cm³/mol. The largest absolute Gasteiger partial charge is 0.391 e. The summed E-state index contributed by atoms with van der Waals surface area (Å²) in [5.41, 5.74) is 0. The van der Waals surface area contributed by atoms with Gasteiger partial charge in [-0.05, 0) is 23.7 Å². The maximum atomic E-state index is 12.3. The second kappa shape index (κ2) is 3.05. The van der Waals surface area contributed by atoms with E-state index in [0.29, 0.717) is 4.88 Å². The summed E-state index contributed by atoms with van der Waals surface area (Å²) in [6.07, 6.45) is 0. The zero-order valence-corrected chi connectivity index (χ0v) is 6.92. The maximum absolute atomic E-state index is 12.3. The molecule has 5 heteroatoms. The minimum absolute atomic E-state index is 0.225. The summed E-state index contributed by atoms with van der Waals surface area (Å²) < 4.78 is 24.6. The van der Waals surface area contributed by atoms with Crippen LogP contribution in [-0.2, 0) is 12.0 Å². The number of alkyl halides is 3. The van der Waals surface area contributed by atoms with Crippen LogP contribution in [0.2, 0.25) is 0 Å². The van der Waals surface area contributed by atoms with Gasteiger partial charge < -0.3 is 5.11 Å². The fourth-order valence-corrected chi connectivity index (χ4v) is 1.53. The lowest BCUT2D eigenvalue weighted by molar-refractivity contribution is 0.0994. The summed E-state index contributed by atoms with van der Waals surface area (Å²) in [6.45, 7) is -0.225. The molecule has 0 atom stereocenters. The molecule has 0 aliphatic rings. The molecule has 0 fully saturated rings. The molecule has 11 heavy (non-hydrogen) atoms. The van der Waals surface area contributed by atoms with Crippen LogP contribution in [0.25, 0.3) is 0 Å². The normalized spacial score (nSPS) is 12.0. The van der Waals surface area contributed by atoms with Gasteiger partial charge in [-0.3, -0.25) is 0 Å². The van der Waals surface area contributed by atoms with Crippen molar-refractivity contribution < 1.29 is 13.9 Å². The van der Waals surface area contributed by atoms with E-state index < -0.39 is 5.38 Å². The third kappa shape index (κ3) is 2.12. The molecule has 0 radical (unpaired) electrons. The lowest BCUT2D eigenvalue weighted by Crippen LogP contribution is -1.98. The molecular formula is C6H5ClF2OS. The predicted octanol–water partition coefficient (Wildman–Crippen LogP) is 2.53. The first-order chi connectivity index (χ1) is 5.04. The van der Waals surface area contributed by atoms with Gasteiger partial charge in [0, 0.05) is 4.88 Å². The van der Waals surface area contributed by atoms with Gasteiger partial charge in [-0.2, -0.15) is 8.78 Å². The molecule has 1 aromatic heterocycles. The van der Waals surface area contributed by atoms with E-state index in [9.17, 15) is 8.78 Å². The van der Waals surface area contributed by atoms with Gasteiger partial charge in [-0.15, -0.1) is 11.3 Å². The molecule has 0 saturated carbocycles. The minimum Gasteiger partial charge on any atom is -0.391 e. The highest BCUT2D eigenvalue weighted by molar-refractivity contribution is 7.12. The fraction of sp³-hybridized carbons (Fsp3) is 0.333. The van der Waals surface area contributed by atoms with Gasteiger partial charge in [-0.25, -0.2) is 0 Å². The van der Waals surface area contributed by atoms with Crippen molar-refractivity contribution in [1.29, 1.82) is 0 Å². The van der Waals surface area contributed by atoms with E-state index in [0.717, 1.165) is 11.3 Å². The Morgan fingerprint density at radius 3 is 2.45 bits per heavy atom. The van der Waals surface area contributed by atoms with Crippen LogP contribution in [0.3, 0.4) is 0 Å². The summed E-state index contributed by atoms with van der Waals surface area (Å²) in [5, 5.41) is 5.23. The molecule has 0 spiro atoms. The Kier molecular flexibility index (Phi) is 2.47. The summed E-state index contributed by atoms with van der Waals surface area (Å²) in [4.78, 5) is 0.253. The summed E-state index contributed by atoms with van der Waals surface area (Å²) >= 11 is 5.53. The molecular weight excluding hydrogens is 194 g/mol. The minimum atomic E-state index is -3.31. The van der Waals surface area contributed by atoms with Crippen LogP contribution in [0.4, 0.5) is 8.78 Å². The van der Waals surface area contributed by atoms with Crippen molar-refractivity contribution in [2.24, 2.45) is 0 Å². The lowest BCUT2D eigenvalue weighted by atomic mass is 10.4. The van der Waals surface area contributed by atoms with Crippen LogP contribution >= 0.6 is 22.9 Å². The first-order valence-electron chi connectivity index (χ1n) is 2.81. The van der Waals surface area contributed by atoms with Crippen molar-refractivity contribution in [3.05, 3.63) is 21.9 Å². The molecule has 0 amide bonds. The first kappa shape index (κ1) is 8.90. The van der Waals surface area contributed by atoms with Crippen LogP contribution in [0.15, 0.2) is 12.1 Å². The Labute approximate surface area is 71.2 Å². The first-order valence-corrected chi connectivity index (χ1v) is 4.00. The van der Waals surface area contributed by atoms with Gasteiger partial charge in [0.25, 0.3) is 0 Å². The molecule has 0 unspecified atom stereocenters. The Bertz CT molecular complexity index is 243. The topological polar surface area (TPSA) is 20.2 Å². The number of aliphatic hydroxyl groups is 1. The number of rotatable bonds is 2. The van der Waals surface area contributed by atoms with Crippen molar-refractivity contribution >= 4 is 22.9 Å². The summed E-state index contributed by atoms with van der Waals surface area (Å²) in [6, 6.07) is 2.64. The van der Waals surface area contributed by atoms with Gasteiger partial charge in [0.05, 0.1) is 11.5 Å². The second-order valence-corrected chi connectivity index (χ2v) is 3.56. The zero-order chi connectivity index (χ0) is 8.48. The van der Waals surface area contributed by atoms with Crippen LogP contribution in [0.1, 0.15) is 9.75 Å². The Morgan fingerprint density at radius 1 is 1.55 bits per heavy atom.